The smallest absolute Gasteiger partial charge is 0.317 e. The summed E-state index contributed by atoms with van der Waals surface area (Å²) in [5.74, 6) is 1.59. The highest BCUT2D eigenvalue weighted by molar-refractivity contribution is 5.74. The molecule has 7 nitrogen and oxygen atoms in total. The number of amides is 2. The van der Waals surface area contributed by atoms with Crippen molar-refractivity contribution in [2.24, 2.45) is 0 Å². The van der Waals surface area contributed by atoms with Gasteiger partial charge in [0.05, 0.1) is 0 Å². The van der Waals surface area contributed by atoms with E-state index in [0.29, 0.717) is 26.2 Å². The van der Waals surface area contributed by atoms with E-state index < -0.39 is 0 Å². The fourth-order valence-corrected chi connectivity index (χ4v) is 2.77. The third kappa shape index (κ3) is 3.79. The van der Waals surface area contributed by atoms with Gasteiger partial charge in [-0.3, -0.25) is 0 Å². The van der Waals surface area contributed by atoms with Crippen LogP contribution in [0.15, 0.2) is 18.2 Å². The van der Waals surface area contributed by atoms with E-state index in [2.05, 4.69) is 10.2 Å². The maximum atomic E-state index is 12.1. The number of anilines is 1. The van der Waals surface area contributed by atoms with Crippen LogP contribution in [0.3, 0.4) is 0 Å². The van der Waals surface area contributed by atoms with Gasteiger partial charge in [-0.1, -0.05) is 0 Å². The van der Waals surface area contributed by atoms with Gasteiger partial charge in [0.1, 0.15) is 0 Å². The summed E-state index contributed by atoms with van der Waals surface area (Å²) in [6, 6.07) is 5.98. The van der Waals surface area contributed by atoms with E-state index >= 15 is 0 Å². The van der Waals surface area contributed by atoms with Crippen LogP contribution in [-0.4, -0.2) is 64.2 Å². The van der Waals surface area contributed by atoms with Gasteiger partial charge in [-0.25, -0.2) is 4.79 Å². The van der Waals surface area contributed by atoms with Gasteiger partial charge in [0, 0.05) is 58.2 Å². The molecule has 23 heavy (non-hydrogen) atoms. The lowest BCUT2D eigenvalue weighted by molar-refractivity contribution is 0.174. The van der Waals surface area contributed by atoms with Crippen molar-refractivity contribution >= 4 is 11.7 Å². The second-order valence-corrected chi connectivity index (χ2v) is 5.59. The maximum absolute atomic E-state index is 12.1. The molecule has 1 N–H and O–H groups in total. The van der Waals surface area contributed by atoms with E-state index in [1.165, 1.54) is 0 Å². The molecule has 0 aromatic heterocycles. The SMILES string of the molecule is COCCCNC(=O)N1CCN(c2ccc3c(c2)OCO3)CC1. The lowest BCUT2D eigenvalue weighted by atomic mass is 10.2. The summed E-state index contributed by atoms with van der Waals surface area (Å²) in [5.41, 5.74) is 1.11. The molecule has 1 aromatic rings. The largest absolute Gasteiger partial charge is 0.454 e. The molecular formula is C16H23N3O4. The van der Waals surface area contributed by atoms with E-state index in [1.54, 1.807) is 7.11 Å². The molecule has 0 aliphatic carbocycles. The van der Waals surface area contributed by atoms with E-state index in [0.717, 1.165) is 36.7 Å². The van der Waals surface area contributed by atoms with Crippen LogP contribution in [0.25, 0.3) is 0 Å². The van der Waals surface area contributed by atoms with E-state index in [1.807, 2.05) is 23.1 Å². The summed E-state index contributed by atoms with van der Waals surface area (Å²) >= 11 is 0. The average molecular weight is 321 g/mol. The molecule has 1 aromatic carbocycles. The number of rotatable bonds is 5. The van der Waals surface area contributed by atoms with Crippen LogP contribution in [0.1, 0.15) is 6.42 Å². The van der Waals surface area contributed by atoms with Gasteiger partial charge in [-0.05, 0) is 18.6 Å². The van der Waals surface area contributed by atoms with Crippen molar-refractivity contribution in [2.45, 2.75) is 6.42 Å². The monoisotopic (exact) mass is 321 g/mol. The highest BCUT2D eigenvalue weighted by Gasteiger charge is 2.22. The summed E-state index contributed by atoms with van der Waals surface area (Å²) in [6.07, 6.45) is 0.833. The van der Waals surface area contributed by atoms with Gasteiger partial charge in [0.25, 0.3) is 0 Å². The second-order valence-electron chi connectivity index (χ2n) is 5.59. The Kier molecular flexibility index (Phi) is 5.07. The van der Waals surface area contributed by atoms with Gasteiger partial charge in [0.2, 0.25) is 6.79 Å². The number of ether oxygens (including phenoxy) is 3. The number of hydrogen-bond donors (Lipinski definition) is 1. The quantitative estimate of drug-likeness (QED) is 0.828. The van der Waals surface area contributed by atoms with Gasteiger partial charge >= 0.3 is 6.03 Å². The summed E-state index contributed by atoms with van der Waals surface area (Å²) < 4.78 is 15.7. The molecule has 7 heteroatoms. The number of benzene rings is 1. The Bertz CT molecular complexity index is 544. The molecule has 2 aliphatic heterocycles. The number of methoxy groups -OCH3 is 1. The summed E-state index contributed by atoms with van der Waals surface area (Å²) in [5, 5.41) is 2.93. The molecular weight excluding hydrogens is 298 g/mol. The van der Waals surface area contributed by atoms with Gasteiger partial charge in [-0.2, -0.15) is 0 Å². The molecule has 0 spiro atoms. The van der Waals surface area contributed by atoms with Crippen LogP contribution < -0.4 is 19.7 Å². The predicted octanol–water partition coefficient (Wildman–Crippen LogP) is 1.28. The van der Waals surface area contributed by atoms with Crippen molar-refractivity contribution in [1.82, 2.24) is 10.2 Å². The number of nitrogens with one attached hydrogen (secondary N) is 1. The zero-order valence-corrected chi connectivity index (χ0v) is 13.4. The second kappa shape index (κ2) is 7.41. The first-order valence-corrected chi connectivity index (χ1v) is 7.94. The number of urea groups is 1. The van der Waals surface area contributed by atoms with Crippen LogP contribution in [-0.2, 0) is 4.74 Å². The van der Waals surface area contributed by atoms with Gasteiger partial charge < -0.3 is 29.3 Å². The maximum Gasteiger partial charge on any atom is 0.317 e. The van der Waals surface area contributed by atoms with E-state index in [-0.39, 0.29) is 12.8 Å². The zero-order chi connectivity index (χ0) is 16.1. The highest BCUT2D eigenvalue weighted by Crippen LogP contribution is 2.35. The Morgan fingerprint density at radius 3 is 2.78 bits per heavy atom. The van der Waals surface area contributed by atoms with Crippen LogP contribution in [0.5, 0.6) is 11.5 Å². The third-order valence-electron chi connectivity index (χ3n) is 4.09. The van der Waals surface area contributed by atoms with Crippen molar-refractivity contribution in [1.29, 1.82) is 0 Å². The molecule has 0 unspecified atom stereocenters. The van der Waals surface area contributed by atoms with Gasteiger partial charge in [-0.15, -0.1) is 0 Å². The molecule has 0 bridgehead atoms. The Labute approximate surface area is 136 Å². The van der Waals surface area contributed by atoms with Crippen LogP contribution in [0.4, 0.5) is 10.5 Å². The van der Waals surface area contributed by atoms with Crippen molar-refractivity contribution < 1.29 is 19.0 Å². The lowest BCUT2D eigenvalue weighted by Crippen LogP contribution is -2.52. The molecule has 2 amide bonds. The minimum atomic E-state index is 0.00596. The summed E-state index contributed by atoms with van der Waals surface area (Å²) in [7, 11) is 1.66. The number of piperazine rings is 1. The van der Waals surface area contributed by atoms with Crippen LogP contribution in [0.2, 0.25) is 0 Å². The fourth-order valence-electron chi connectivity index (χ4n) is 2.77. The molecule has 2 heterocycles. The highest BCUT2D eigenvalue weighted by atomic mass is 16.7. The molecule has 2 aliphatic rings. The minimum absolute atomic E-state index is 0.00596. The van der Waals surface area contributed by atoms with Crippen LogP contribution >= 0.6 is 0 Å². The number of nitrogens with zero attached hydrogens (tertiary/aromatic N) is 2. The van der Waals surface area contributed by atoms with E-state index in [9.17, 15) is 4.79 Å². The fraction of sp³-hybridized carbons (Fsp3) is 0.562. The first kappa shape index (κ1) is 15.7. The predicted molar refractivity (Wildman–Crippen MR) is 86.2 cm³/mol. The van der Waals surface area contributed by atoms with Gasteiger partial charge in [0.15, 0.2) is 11.5 Å². The molecule has 126 valence electrons. The molecule has 3 rings (SSSR count). The first-order chi connectivity index (χ1) is 11.3. The minimum Gasteiger partial charge on any atom is -0.454 e. The number of hydrogen-bond acceptors (Lipinski definition) is 5. The third-order valence-corrected chi connectivity index (χ3v) is 4.09. The van der Waals surface area contributed by atoms with Crippen molar-refractivity contribution in [3.63, 3.8) is 0 Å². The Hall–Kier alpha value is -2.15. The standard InChI is InChI=1S/C16H23N3O4/c1-21-10-2-5-17-16(20)19-8-6-18(7-9-19)13-3-4-14-15(11-13)23-12-22-14/h3-4,11H,2,5-10,12H2,1H3,(H,17,20). The molecule has 0 radical (unpaired) electrons. The number of fused-ring (bicyclic) bond motifs is 1. The number of carbonyl (C=O) groups excluding carboxylic acids is 1. The molecule has 1 saturated heterocycles. The first-order valence-electron chi connectivity index (χ1n) is 7.94. The number of carbonyl (C=O) groups is 1. The topological polar surface area (TPSA) is 63.3 Å². The van der Waals surface area contributed by atoms with Crippen molar-refractivity contribution in [3.8, 4) is 11.5 Å². The lowest BCUT2D eigenvalue weighted by Gasteiger charge is -2.36. The van der Waals surface area contributed by atoms with Crippen LogP contribution in [0, 0.1) is 0 Å². The summed E-state index contributed by atoms with van der Waals surface area (Å²) in [6.45, 7) is 4.65. The van der Waals surface area contributed by atoms with E-state index in [4.69, 9.17) is 14.2 Å². The summed E-state index contributed by atoms with van der Waals surface area (Å²) in [4.78, 5) is 16.2. The Morgan fingerprint density at radius 2 is 2.00 bits per heavy atom. The van der Waals surface area contributed by atoms with Crippen molar-refractivity contribution in [3.05, 3.63) is 18.2 Å². The zero-order valence-electron chi connectivity index (χ0n) is 13.4. The normalized spacial score (nSPS) is 16.6. The Balaban J connectivity index is 1.47. The molecule has 0 atom stereocenters. The Morgan fingerprint density at radius 1 is 1.22 bits per heavy atom. The average Bonchev–Trinajstić information content (AvgIpc) is 3.06. The van der Waals surface area contributed by atoms with Crippen molar-refractivity contribution in [2.75, 3.05) is 58.1 Å². The molecule has 0 saturated carbocycles. The molecule has 1 fully saturated rings.